The minimum atomic E-state index is 0.259. The fourth-order valence-electron chi connectivity index (χ4n) is 0.235. The van der Waals surface area contributed by atoms with Crippen LogP contribution in [0.2, 0.25) is 0 Å². The van der Waals surface area contributed by atoms with Crippen LogP contribution in [0.4, 0.5) is 0 Å². The van der Waals surface area contributed by atoms with E-state index in [1.165, 1.54) is 0 Å². The van der Waals surface area contributed by atoms with E-state index in [0.717, 1.165) is 0 Å². The highest BCUT2D eigenvalue weighted by Gasteiger charge is 1.76. The Balaban J connectivity index is 2.71. The standard InChI is InChI=1S/C5H9NO2/c1-2-3-8-5-6-4-7/h2,4H,1,3,5H2,(H,6,7). The maximum atomic E-state index is 9.55. The summed E-state index contributed by atoms with van der Waals surface area (Å²) in [4.78, 5) is 9.55. The SMILES string of the molecule is C=CCOCNC=O. The molecule has 1 amide bonds. The summed E-state index contributed by atoms with van der Waals surface area (Å²) in [5, 5.41) is 2.33. The summed E-state index contributed by atoms with van der Waals surface area (Å²) in [6.07, 6.45) is 2.20. The molecule has 3 nitrogen and oxygen atoms in total. The van der Waals surface area contributed by atoms with Crippen LogP contribution in [0.15, 0.2) is 12.7 Å². The molecule has 0 aromatic carbocycles. The summed E-state index contributed by atoms with van der Waals surface area (Å²) >= 11 is 0. The molecule has 0 atom stereocenters. The molecule has 0 bridgehead atoms. The van der Waals surface area contributed by atoms with Crippen molar-refractivity contribution in [1.29, 1.82) is 0 Å². The van der Waals surface area contributed by atoms with Crippen LogP contribution in [0.5, 0.6) is 0 Å². The van der Waals surface area contributed by atoms with Gasteiger partial charge in [0.25, 0.3) is 0 Å². The number of carbonyl (C=O) groups excluding carboxylic acids is 1. The Morgan fingerprint density at radius 1 is 1.75 bits per heavy atom. The Morgan fingerprint density at radius 2 is 2.50 bits per heavy atom. The molecule has 0 rings (SSSR count). The Hall–Kier alpha value is -0.830. The zero-order chi connectivity index (χ0) is 6.24. The van der Waals surface area contributed by atoms with Crippen LogP contribution in [-0.2, 0) is 9.53 Å². The molecular formula is C5H9NO2. The van der Waals surface area contributed by atoms with Gasteiger partial charge in [0, 0.05) is 0 Å². The molecule has 0 aromatic heterocycles. The Labute approximate surface area is 48.3 Å². The third-order valence-corrected chi connectivity index (χ3v) is 0.504. The summed E-state index contributed by atoms with van der Waals surface area (Å²) in [5.74, 6) is 0. The molecule has 3 heteroatoms. The second-order valence-electron chi connectivity index (χ2n) is 1.13. The fraction of sp³-hybridized carbons (Fsp3) is 0.400. The van der Waals surface area contributed by atoms with Gasteiger partial charge in [-0.05, 0) is 0 Å². The van der Waals surface area contributed by atoms with E-state index in [4.69, 9.17) is 4.74 Å². The summed E-state index contributed by atoms with van der Waals surface area (Å²) in [7, 11) is 0. The monoisotopic (exact) mass is 115 g/mol. The number of carbonyl (C=O) groups is 1. The average molecular weight is 115 g/mol. The first-order chi connectivity index (χ1) is 3.91. The summed E-state index contributed by atoms with van der Waals surface area (Å²) in [5.41, 5.74) is 0. The maximum Gasteiger partial charge on any atom is 0.208 e. The van der Waals surface area contributed by atoms with Crippen molar-refractivity contribution in [2.24, 2.45) is 0 Å². The third kappa shape index (κ3) is 5.17. The van der Waals surface area contributed by atoms with Gasteiger partial charge in [0.1, 0.15) is 6.73 Å². The molecule has 0 radical (unpaired) electrons. The van der Waals surface area contributed by atoms with Crippen molar-refractivity contribution in [3.8, 4) is 0 Å². The Kier molecular flexibility index (Phi) is 5.53. The van der Waals surface area contributed by atoms with Crippen molar-refractivity contribution in [3.63, 3.8) is 0 Å². The molecule has 0 fully saturated rings. The molecule has 8 heavy (non-hydrogen) atoms. The minimum absolute atomic E-state index is 0.259. The van der Waals surface area contributed by atoms with Crippen molar-refractivity contribution >= 4 is 6.41 Å². The predicted octanol–water partition coefficient (Wildman–Crippen LogP) is -0.108. The van der Waals surface area contributed by atoms with Gasteiger partial charge in [-0.3, -0.25) is 4.79 Å². The lowest BCUT2D eigenvalue weighted by atomic mass is 10.7. The molecule has 46 valence electrons. The van der Waals surface area contributed by atoms with Crippen molar-refractivity contribution in [3.05, 3.63) is 12.7 Å². The van der Waals surface area contributed by atoms with Gasteiger partial charge >= 0.3 is 0 Å². The second-order valence-corrected chi connectivity index (χ2v) is 1.13. The number of hydrogen-bond donors (Lipinski definition) is 1. The first-order valence-corrected chi connectivity index (χ1v) is 2.27. The molecule has 1 N–H and O–H groups in total. The van der Waals surface area contributed by atoms with E-state index in [9.17, 15) is 4.79 Å². The number of ether oxygens (including phenoxy) is 1. The molecule has 0 aliphatic carbocycles. The number of hydrogen-bond acceptors (Lipinski definition) is 2. The maximum absolute atomic E-state index is 9.55. The predicted molar refractivity (Wildman–Crippen MR) is 30.2 cm³/mol. The molecule has 0 saturated heterocycles. The minimum Gasteiger partial charge on any atom is -0.357 e. The van der Waals surface area contributed by atoms with Crippen molar-refractivity contribution in [2.75, 3.05) is 13.3 Å². The molecule has 0 spiro atoms. The van der Waals surface area contributed by atoms with E-state index >= 15 is 0 Å². The van der Waals surface area contributed by atoms with E-state index in [2.05, 4.69) is 11.9 Å². The smallest absolute Gasteiger partial charge is 0.208 e. The van der Waals surface area contributed by atoms with E-state index in [0.29, 0.717) is 13.0 Å². The van der Waals surface area contributed by atoms with E-state index in [-0.39, 0.29) is 6.73 Å². The highest BCUT2D eigenvalue weighted by atomic mass is 16.5. The highest BCUT2D eigenvalue weighted by molar-refractivity contribution is 5.45. The van der Waals surface area contributed by atoms with E-state index in [1.807, 2.05) is 0 Å². The van der Waals surface area contributed by atoms with E-state index in [1.54, 1.807) is 6.08 Å². The molecule has 0 saturated carbocycles. The van der Waals surface area contributed by atoms with Crippen LogP contribution in [0.3, 0.4) is 0 Å². The van der Waals surface area contributed by atoms with Crippen molar-refractivity contribution in [2.45, 2.75) is 0 Å². The Bertz CT molecular complexity index is 62.8. The quantitative estimate of drug-likeness (QED) is 0.235. The van der Waals surface area contributed by atoms with Crippen LogP contribution in [-0.4, -0.2) is 19.7 Å². The van der Waals surface area contributed by atoms with Crippen LogP contribution < -0.4 is 5.32 Å². The third-order valence-electron chi connectivity index (χ3n) is 0.504. The molecule has 0 aromatic rings. The average Bonchev–Trinajstić information content (AvgIpc) is 1.81. The van der Waals surface area contributed by atoms with E-state index < -0.39 is 0 Å². The zero-order valence-electron chi connectivity index (χ0n) is 4.59. The second kappa shape index (κ2) is 6.17. The lowest BCUT2D eigenvalue weighted by molar-refractivity contribution is -0.110. The van der Waals surface area contributed by atoms with Crippen LogP contribution in [0.1, 0.15) is 0 Å². The molecule has 0 unspecified atom stereocenters. The van der Waals surface area contributed by atoms with Gasteiger partial charge in [-0.2, -0.15) is 0 Å². The first-order valence-electron chi connectivity index (χ1n) is 2.27. The van der Waals surface area contributed by atoms with Crippen LogP contribution in [0.25, 0.3) is 0 Å². The van der Waals surface area contributed by atoms with Crippen LogP contribution >= 0.6 is 0 Å². The van der Waals surface area contributed by atoms with Gasteiger partial charge in [0.15, 0.2) is 0 Å². The van der Waals surface area contributed by atoms with Gasteiger partial charge < -0.3 is 10.1 Å². The topological polar surface area (TPSA) is 38.3 Å². The van der Waals surface area contributed by atoms with Gasteiger partial charge in [0.05, 0.1) is 6.61 Å². The fourth-order valence-corrected chi connectivity index (χ4v) is 0.235. The van der Waals surface area contributed by atoms with Gasteiger partial charge in [0.2, 0.25) is 6.41 Å². The zero-order valence-corrected chi connectivity index (χ0v) is 4.59. The summed E-state index contributed by atoms with van der Waals surface area (Å²) in [6, 6.07) is 0. The van der Waals surface area contributed by atoms with Gasteiger partial charge in [-0.15, -0.1) is 6.58 Å². The molecule has 0 heterocycles. The van der Waals surface area contributed by atoms with Crippen LogP contribution in [0, 0.1) is 0 Å². The number of nitrogens with one attached hydrogen (secondary N) is 1. The molecule has 0 aliphatic rings. The summed E-state index contributed by atoms with van der Waals surface area (Å²) < 4.78 is 4.76. The lowest BCUT2D eigenvalue weighted by Crippen LogP contribution is -2.14. The number of amides is 1. The molecular weight excluding hydrogens is 106 g/mol. The van der Waals surface area contributed by atoms with Gasteiger partial charge in [-0.1, -0.05) is 6.08 Å². The lowest BCUT2D eigenvalue weighted by Gasteiger charge is -1.95. The highest BCUT2D eigenvalue weighted by Crippen LogP contribution is 1.67. The van der Waals surface area contributed by atoms with Crippen molar-refractivity contribution < 1.29 is 9.53 Å². The van der Waals surface area contributed by atoms with Crippen molar-refractivity contribution in [1.82, 2.24) is 5.32 Å². The molecule has 0 aliphatic heterocycles. The Morgan fingerprint density at radius 3 is 3.00 bits per heavy atom. The number of rotatable bonds is 5. The summed E-state index contributed by atoms with van der Waals surface area (Å²) in [6.45, 7) is 4.15. The van der Waals surface area contributed by atoms with Gasteiger partial charge in [-0.25, -0.2) is 0 Å². The normalized spacial score (nSPS) is 8.00. The largest absolute Gasteiger partial charge is 0.357 e. The first kappa shape index (κ1) is 7.17.